The van der Waals surface area contributed by atoms with Crippen LogP contribution in [0.25, 0.3) is 0 Å². The minimum absolute atomic E-state index is 0.0331. The van der Waals surface area contributed by atoms with Crippen molar-refractivity contribution in [3.8, 4) is 0 Å². The first-order valence-electron chi connectivity index (χ1n) is 4.65. The molecule has 0 saturated heterocycles. The SMILES string of the molecule is NC(CO)(CO)CO.O=P(O)(O)OC(CCl)CCl. The Labute approximate surface area is 115 Å². The zero-order valence-corrected chi connectivity index (χ0v) is 11.9. The van der Waals surface area contributed by atoms with Crippen molar-refractivity contribution < 1.29 is 34.2 Å². The van der Waals surface area contributed by atoms with Gasteiger partial charge in [0.2, 0.25) is 0 Å². The van der Waals surface area contributed by atoms with Gasteiger partial charge in [-0.1, -0.05) is 0 Å². The second-order valence-electron chi connectivity index (χ2n) is 3.36. The van der Waals surface area contributed by atoms with E-state index in [2.05, 4.69) is 4.52 Å². The molecule has 0 spiro atoms. The smallest absolute Gasteiger partial charge is 0.394 e. The topological polar surface area (TPSA) is 153 Å². The van der Waals surface area contributed by atoms with Crippen LogP contribution in [0.2, 0.25) is 0 Å². The normalized spacial score (nSPS) is 12.3. The zero-order valence-electron chi connectivity index (χ0n) is 9.45. The highest BCUT2D eigenvalue weighted by Gasteiger charge is 2.21. The second kappa shape index (κ2) is 10.3. The Balaban J connectivity index is 0. The summed E-state index contributed by atoms with van der Waals surface area (Å²) in [6, 6.07) is 0. The zero-order chi connectivity index (χ0) is 14.8. The van der Waals surface area contributed by atoms with Crippen molar-refractivity contribution in [1.29, 1.82) is 0 Å². The van der Waals surface area contributed by atoms with Gasteiger partial charge in [0, 0.05) is 0 Å². The Morgan fingerprint density at radius 2 is 1.44 bits per heavy atom. The van der Waals surface area contributed by atoms with Crippen LogP contribution in [0, 0.1) is 0 Å². The molecule has 0 heterocycles. The van der Waals surface area contributed by atoms with E-state index in [1.54, 1.807) is 0 Å². The first-order valence-corrected chi connectivity index (χ1v) is 7.25. The Hall–Kier alpha value is 0.530. The third kappa shape index (κ3) is 11.6. The fourth-order valence-corrected chi connectivity index (χ4v) is 1.61. The summed E-state index contributed by atoms with van der Waals surface area (Å²) in [5.41, 5.74) is 3.94. The van der Waals surface area contributed by atoms with Crippen LogP contribution in [0.5, 0.6) is 0 Å². The van der Waals surface area contributed by atoms with E-state index in [4.69, 9.17) is 54.0 Å². The van der Waals surface area contributed by atoms with Crippen LogP contribution in [0.1, 0.15) is 0 Å². The Kier molecular flexibility index (Phi) is 12.0. The summed E-state index contributed by atoms with van der Waals surface area (Å²) in [7, 11) is -4.42. The lowest BCUT2D eigenvalue weighted by Gasteiger charge is -2.20. The van der Waals surface area contributed by atoms with Gasteiger partial charge in [-0.15, -0.1) is 23.2 Å². The molecule has 0 aromatic carbocycles. The van der Waals surface area contributed by atoms with E-state index in [1.165, 1.54) is 0 Å². The molecule has 0 saturated carbocycles. The molecule has 18 heavy (non-hydrogen) atoms. The molecule has 0 fully saturated rings. The summed E-state index contributed by atoms with van der Waals surface area (Å²) >= 11 is 10.4. The largest absolute Gasteiger partial charge is 0.469 e. The van der Waals surface area contributed by atoms with E-state index in [0.717, 1.165) is 0 Å². The van der Waals surface area contributed by atoms with Gasteiger partial charge in [-0.25, -0.2) is 4.57 Å². The summed E-state index contributed by atoms with van der Waals surface area (Å²) in [5, 5.41) is 25.0. The van der Waals surface area contributed by atoms with Gasteiger partial charge in [-0.05, 0) is 0 Å². The van der Waals surface area contributed by atoms with Crippen LogP contribution in [-0.2, 0) is 9.09 Å². The van der Waals surface area contributed by atoms with Crippen LogP contribution >= 0.6 is 31.0 Å². The fourth-order valence-electron chi connectivity index (χ4n) is 0.442. The predicted octanol–water partition coefficient (Wildman–Crippen LogP) is -1.40. The Bertz CT molecular complexity index is 236. The Morgan fingerprint density at radius 1 is 1.11 bits per heavy atom. The number of phosphoric acid groups is 1. The van der Waals surface area contributed by atoms with Gasteiger partial charge in [-0.3, -0.25) is 4.52 Å². The average Bonchev–Trinajstić information content (AvgIpc) is 2.34. The van der Waals surface area contributed by atoms with Gasteiger partial charge in [0.1, 0.15) is 0 Å². The first kappa shape index (κ1) is 20.8. The molecule has 0 aliphatic heterocycles. The molecule has 0 amide bonds. The molecular weight excluding hydrogens is 312 g/mol. The number of alkyl halides is 2. The van der Waals surface area contributed by atoms with E-state index >= 15 is 0 Å². The minimum Gasteiger partial charge on any atom is -0.394 e. The van der Waals surface area contributed by atoms with E-state index in [0.29, 0.717) is 0 Å². The van der Waals surface area contributed by atoms with Gasteiger partial charge in [0.05, 0.1) is 43.2 Å². The van der Waals surface area contributed by atoms with E-state index in [1.807, 2.05) is 0 Å². The first-order chi connectivity index (χ1) is 8.17. The molecule has 0 aromatic rings. The van der Waals surface area contributed by atoms with Crippen molar-refractivity contribution in [3.63, 3.8) is 0 Å². The standard InChI is InChI=1S/C4H11NO3.C3H7Cl2O4P/c5-4(1-6,2-7)3-8;4-1-3(2-5)9-10(6,7)8/h6-8H,1-3,5H2;3H,1-2H2,(H2,6,7,8). The van der Waals surface area contributed by atoms with Crippen LogP contribution in [0.3, 0.4) is 0 Å². The molecule has 0 rings (SSSR count). The van der Waals surface area contributed by atoms with Crippen LogP contribution in [-0.4, -0.2) is 68.3 Å². The monoisotopic (exact) mass is 329 g/mol. The number of aliphatic hydroxyl groups excluding tert-OH is 3. The van der Waals surface area contributed by atoms with Gasteiger partial charge in [0.25, 0.3) is 0 Å². The summed E-state index contributed by atoms with van der Waals surface area (Å²) in [6.07, 6.45) is -0.788. The second-order valence-corrected chi connectivity index (χ2v) is 5.17. The van der Waals surface area contributed by atoms with Crippen molar-refractivity contribution in [2.75, 3.05) is 31.6 Å². The van der Waals surface area contributed by atoms with E-state index in [-0.39, 0.29) is 11.8 Å². The van der Waals surface area contributed by atoms with Gasteiger partial charge in [-0.2, -0.15) is 0 Å². The molecule has 8 nitrogen and oxygen atoms in total. The van der Waals surface area contributed by atoms with Gasteiger partial charge in [0.15, 0.2) is 0 Å². The number of hydrogen-bond acceptors (Lipinski definition) is 6. The van der Waals surface area contributed by atoms with E-state index < -0.39 is 39.3 Å². The molecule has 11 heteroatoms. The molecule has 0 radical (unpaired) electrons. The predicted molar refractivity (Wildman–Crippen MR) is 66.5 cm³/mol. The lowest BCUT2D eigenvalue weighted by atomic mass is 10.1. The average molecular weight is 330 g/mol. The summed E-state index contributed by atoms with van der Waals surface area (Å²) in [5.74, 6) is -0.0662. The number of nitrogens with two attached hydrogens (primary N) is 1. The van der Waals surface area contributed by atoms with Gasteiger partial charge >= 0.3 is 7.82 Å². The number of halogens is 2. The fraction of sp³-hybridized carbons (Fsp3) is 1.00. The van der Waals surface area contributed by atoms with Crippen molar-refractivity contribution in [2.24, 2.45) is 5.73 Å². The minimum atomic E-state index is -4.42. The lowest BCUT2D eigenvalue weighted by Crippen LogP contribution is -2.50. The number of rotatable bonds is 7. The maximum absolute atomic E-state index is 10.1. The molecule has 112 valence electrons. The molecule has 7 N–H and O–H groups in total. The number of phosphoric ester groups is 1. The highest BCUT2D eigenvalue weighted by atomic mass is 35.5. The van der Waals surface area contributed by atoms with Crippen LogP contribution < -0.4 is 5.73 Å². The molecule has 0 bridgehead atoms. The quantitative estimate of drug-likeness (QED) is 0.246. The maximum atomic E-state index is 10.1. The molecule has 0 unspecified atom stereocenters. The molecular formula is C7H18Cl2NO7P. The van der Waals surface area contributed by atoms with Gasteiger partial charge < -0.3 is 30.8 Å². The van der Waals surface area contributed by atoms with Crippen molar-refractivity contribution >= 4 is 31.0 Å². The molecule has 0 atom stereocenters. The number of aliphatic hydroxyl groups is 3. The third-order valence-corrected chi connectivity index (χ3v) is 2.84. The van der Waals surface area contributed by atoms with Crippen LogP contribution in [0.15, 0.2) is 0 Å². The van der Waals surface area contributed by atoms with Crippen LogP contribution in [0.4, 0.5) is 0 Å². The summed E-state index contributed by atoms with van der Waals surface area (Å²) < 4.78 is 14.3. The molecule has 0 aliphatic rings. The number of hydrogen-bond donors (Lipinski definition) is 6. The van der Waals surface area contributed by atoms with Crippen molar-refractivity contribution in [1.82, 2.24) is 0 Å². The molecule has 0 aromatic heterocycles. The highest BCUT2D eigenvalue weighted by Crippen LogP contribution is 2.37. The lowest BCUT2D eigenvalue weighted by molar-refractivity contribution is 0.0697. The summed E-state index contributed by atoms with van der Waals surface area (Å²) in [6.45, 7) is -1.21. The van der Waals surface area contributed by atoms with Crippen molar-refractivity contribution in [3.05, 3.63) is 0 Å². The summed E-state index contributed by atoms with van der Waals surface area (Å²) in [4.78, 5) is 16.4. The highest BCUT2D eigenvalue weighted by molar-refractivity contribution is 7.46. The van der Waals surface area contributed by atoms with E-state index in [9.17, 15) is 4.57 Å². The molecule has 0 aliphatic carbocycles. The van der Waals surface area contributed by atoms with Crippen molar-refractivity contribution in [2.45, 2.75) is 11.6 Å². The third-order valence-electron chi connectivity index (χ3n) is 1.58. The maximum Gasteiger partial charge on any atom is 0.469 e. The Morgan fingerprint density at radius 3 is 1.50 bits per heavy atom.